The van der Waals surface area contributed by atoms with Crippen LogP contribution in [0.25, 0.3) is 22.3 Å². The molecule has 2 aromatic carbocycles. The van der Waals surface area contributed by atoms with Crippen molar-refractivity contribution in [2.45, 2.75) is 79.0 Å². The molecule has 1 fully saturated rings. The second kappa shape index (κ2) is 17.0. The van der Waals surface area contributed by atoms with Gasteiger partial charge in [-0.25, -0.2) is 0 Å². The zero-order valence-electron chi connectivity index (χ0n) is 30.3. The van der Waals surface area contributed by atoms with Gasteiger partial charge < -0.3 is 47.0 Å². The Morgan fingerprint density at radius 3 is 1.72 bits per heavy atom. The lowest BCUT2D eigenvalue weighted by Gasteiger charge is -2.44. The lowest BCUT2D eigenvalue weighted by atomic mass is 9.89. The highest BCUT2D eigenvalue weighted by Gasteiger charge is 2.54. The fraction of sp³-hybridized carbons (Fsp3) is 0.389. The van der Waals surface area contributed by atoms with E-state index in [1.807, 2.05) is 0 Å². The predicted molar refractivity (Wildman–Crippen MR) is 179 cm³/mol. The van der Waals surface area contributed by atoms with Gasteiger partial charge in [-0.1, -0.05) is 0 Å². The van der Waals surface area contributed by atoms with E-state index in [1.165, 1.54) is 32.2 Å². The SMILES string of the molecule is COc1cc(-c2cc(=O)c3c(OC(C)=O)cc(OC(C)=O)c([C@@H]4O[C@H](COC(C)=O)[C@@H](OC(C)=O)[C@H](OC(C)=O)[C@H]4OC(C)=O)c3o2)ccc1OC(C)=O. The van der Waals surface area contributed by atoms with Crippen molar-refractivity contribution in [1.29, 1.82) is 0 Å². The number of carbonyl (C=O) groups is 7. The second-order valence-corrected chi connectivity index (χ2v) is 11.7. The molecule has 5 atom stereocenters. The number of methoxy groups -OCH3 is 1. The van der Waals surface area contributed by atoms with Crippen molar-refractivity contribution < 1.29 is 80.6 Å². The molecule has 4 rings (SSSR count). The topological polar surface area (TPSA) is 233 Å². The van der Waals surface area contributed by atoms with Gasteiger partial charge >= 0.3 is 41.8 Å². The fourth-order valence-corrected chi connectivity index (χ4v) is 5.70. The van der Waals surface area contributed by atoms with E-state index in [2.05, 4.69) is 0 Å². The number of hydrogen-bond acceptors (Lipinski definition) is 18. The summed E-state index contributed by atoms with van der Waals surface area (Å²) in [5, 5.41) is -0.379. The number of esters is 7. The molecule has 0 spiro atoms. The van der Waals surface area contributed by atoms with Crippen LogP contribution >= 0.6 is 0 Å². The third-order valence-corrected chi connectivity index (χ3v) is 7.45. The summed E-state index contributed by atoms with van der Waals surface area (Å²) in [6, 6.07) is 6.28. The monoisotopic (exact) mass is 756 g/mol. The highest BCUT2D eigenvalue weighted by molar-refractivity contribution is 5.93. The van der Waals surface area contributed by atoms with Crippen LogP contribution in [-0.4, -0.2) is 79.9 Å². The van der Waals surface area contributed by atoms with Crippen LogP contribution in [-0.2, 0) is 57.2 Å². The van der Waals surface area contributed by atoms with Gasteiger partial charge in [-0.3, -0.25) is 38.4 Å². The second-order valence-electron chi connectivity index (χ2n) is 11.7. The molecule has 1 aliphatic heterocycles. The Morgan fingerprint density at radius 2 is 1.17 bits per heavy atom. The van der Waals surface area contributed by atoms with Crippen LogP contribution in [0.15, 0.2) is 39.5 Å². The summed E-state index contributed by atoms with van der Waals surface area (Å²) in [4.78, 5) is 99.8. The molecule has 0 aliphatic carbocycles. The molecule has 288 valence electrons. The number of rotatable bonds is 11. The van der Waals surface area contributed by atoms with Gasteiger partial charge in [0.2, 0.25) is 0 Å². The van der Waals surface area contributed by atoms with Crippen molar-refractivity contribution in [3.63, 3.8) is 0 Å². The lowest BCUT2D eigenvalue weighted by Crippen LogP contribution is -2.59. The van der Waals surface area contributed by atoms with Gasteiger partial charge in [0.25, 0.3) is 0 Å². The van der Waals surface area contributed by atoms with Gasteiger partial charge in [-0.15, -0.1) is 0 Å². The van der Waals surface area contributed by atoms with Gasteiger partial charge in [0.1, 0.15) is 41.5 Å². The molecule has 0 unspecified atom stereocenters. The molecule has 1 aromatic heterocycles. The van der Waals surface area contributed by atoms with E-state index in [-0.39, 0.29) is 33.8 Å². The van der Waals surface area contributed by atoms with Crippen LogP contribution in [0.4, 0.5) is 0 Å². The van der Waals surface area contributed by atoms with Crippen LogP contribution in [0.1, 0.15) is 60.1 Å². The van der Waals surface area contributed by atoms with Crippen molar-refractivity contribution in [3.05, 3.63) is 46.1 Å². The number of hydrogen-bond donors (Lipinski definition) is 0. The van der Waals surface area contributed by atoms with Gasteiger partial charge in [-0.2, -0.15) is 0 Å². The number of ether oxygens (including phenoxy) is 9. The third kappa shape index (κ3) is 9.57. The van der Waals surface area contributed by atoms with E-state index >= 15 is 0 Å². The van der Waals surface area contributed by atoms with E-state index < -0.39 is 101 Å². The van der Waals surface area contributed by atoms with Crippen LogP contribution in [0.5, 0.6) is 23.0 Å². The van der Waals surface area contributed by atoms with E-state index in [0.29, 0.717) is 0 Å². The Morgan fingerprint density at radius 1 is 0.611 bits per heavy atom. The number of fused-ring (bicyclic) bond motifs is 1. The van der Waals surface area contributed by atoms with Gasteiger partial charge in [0, 0.05) is 66.2 Å². The molecule has 54 heavy (non-hydrogen) atoms. The minimum Gasteiger partial charge on any atom is -0.493 e. The van der Waals surface area contributed by atoms with Crippen LogP contribution in [0.3, 0.4) is 0 Å². The maximum atomic E-state index is 14.0. The average Bonchev–Trinajstić information content (AvgIpc) is 3.04. The predicted octanol–water partition coefficient (Wildman–Crippen LogP) is 3.04. The fourth-order valence-electron chi connectivity index (χ4n) is 5.70. The van der Waals surface area contributed by atoms with Crippen molar-refractivity contribution in [2.24, 2.45) is 0 Å². The molecule has 1 aliphatic rings. The van der Waals surface area contributed by atoms with Crippen molar-refractivity contribution in [1.82, 2.24) is 0 Å². The highest BCUT2D eigenvalue weighted by Crippen LogP contribution is 2.47. The van der Waals surface area contributed by atoms with Crippen LogP contribution in [0, 0.1) is 0 Å². The van der Waals surface area contributed by atoms with Crippen molar-refractivity contribution >= 4 is 52.8 Å². The average molecular weight is 757 g/mol. The van der Waals surface area contributed by atoms with E-state index in [4.69, 9.17) is 47.0 Å². The molecule has 0 N–H and O–H groups in total. The summed E-state index contributed by atoms with van der Waals surface area (Å²) in [5.41, 5.74) is -1.35. The first-order valence-electron chi connectivity index (χ1n) is 16.1. The molecule has 18 nitrogen and oxygen atoms in total. The Kier molecular flexibility index (Phi) is 12.8. The van der Waals surface area contributed by atoms with Gasteiger partial charge in [-0.05, 0) is 18.2 Å². The zero-order valence-corrected chi connectivity index (χ0v) is 30.3. The smallest absolute Gasteiger partial charge is 0.308 e. The number of benzene rings is 2. The normalized spacial score (nSPS) is 19.1. The molecule has 0 amide bonds. The Bertz CT molecular complexity index is 2060. The summed E-state index contributed by atoms with van der Waals surface area (Å²) in [5.74, 6) is -6.82. The van der Waals surface area contributed by atoms with Crippen molar-refractivity contribution in [3.8, 4) is 34.3 Å². The molecular weight excluding hydrogens is 720 g/mol. The maximum Gasteiger partial charge on any atom is 0.308 e. The quantitative estimate of drug-likeness (QED) is 0.155. The Balaban J connectivity index is 2.15. The Labute approximate surface area is 306 Å². The molecule has 1 saturated heterocycles. The van der Waals surface area contributed by atoms with Gasteiger partial charge in [0.15, 0.2) is 40.8 Å². The van der Waals surface area contributed by atoms with E-state index in [1.54, 1.807) is 0 Å². The molecule has 2 heterocycles. The zero-order chi connectivity index (χ0) is 40.0. The first-order valence-corrected chi connectivity index (χ1v) is 16.1. The molecule has 0 radical (unpaired) electrons. The molecule has 18 heteroatoms. The van der Waals surface area contributed by atoms with E-state index in [0.717, 1.165) is 53.7 Å². The molecule has 3 aromatic rings. The van der Waals surface area contributed by atoms with E-state index in [9.17, 15) is 38.4 Å². The summed E-state index contributed by atoms with van der Waals surface area (Å²) in [6.45, 7) is 6.86. The first-order chi connectivity index (χ1) is 25.4. The standard InChI is InChI=1S/C36H36O18/c1-15(37)46-14-29-32(50-19(5)41)35(51-20(6)42)36(52-21(7)43)34(54-29)31-28(49-18(4)40)13-27(48-17(3)39)30-23(44)12-25(53-33(30)31)22-9-10-24(47-16(2)38)26(11-22)45-8/h9-13,29,32,34-36H,14H2,1-8H3/t29-,32-,34+,35+,36+/m1/s1. The molecule has 0 saturated carbocycles. The minimum atomic E-state index is -1.74. The number of carbonyl (C=O) groups excluding carboxylic acids is 7. The summed E-state index contributed by atoms with van der Waals surface area (Å²) in [7, 11) is 1.31. The minimum absolute atomic E-state index is 0.0457. The highest BCUT2D eigenvalue weighted by atomic mass is 16.7. The lowest BCUT2D eigenvalue weighted by molar-refractivity contribution is -0.254. The largest absolute Gasteiger partial charge is 0.493 e. The Hall–Kier alpha value is -6.30. The van der Waals surface area contributed by atoms with Crippen LogP contribution < -0.4 is 24.4 Å². The molecular formula is C36H36O18. The summed E-state index contributed by atoms with van der Waals surface area (Å²) in [6.07, 6.45) is -8.15. The van der Waals surface area contributed by atoms with Crippen LogP contribution in [0.2, 0.25) is 0 Å². The molecule has 0 bridgehead atoms. The van der Waals surface area contributed by atoms with Gasteiger partial charge in [0.05, 0.1) is 12.7 Å². The third-order valence-electron chi connectivity index (χ3n) is 7.45. The maximum absolute atomic E-state index is 14.0. The summed E-state index contributed by atoms with van der Waals surface area (Å²) < 4.78 is 55.9. The van der Waals surface area contributed by atoms with Crippen molar-refractivity contribution in [2.75, 3.05) is 13.7 Å². The first kappa shape index (κ1) is 40.5. The summed E-state index contributed by atoms with van der Waals surface area (Å²) >= 11 is 0.